The third kappa shape index (κ3) is 4.83. The number of nitrogens with one attached hydrogen (secondary N) is 1. The van der Waals surface area contributed by atoms with Crippen LogP contribution in [0.15, 0.2) is 52.0 Å². The van der Waals surface area contributed by atoms with Crippen LogP contribution < -0.4 is 11.1 Å². The molecule has 0 radical (unpaired) electrons. The number of anilines is 1. The number of nitrogens with zero attached hydrogens (tertiary/aromatic N) is 3. The molecule has 3 aromatic rings. The third-order valence-electron chi connectivity index (χ3n) is 3.65. The van der Waals surface area contributed by atoms with Crippen molar-refractivity contribution in [1.82, 2.24) is 10.1 Å². The van der Waals surface area contributed by atoms with Gasteiger partial charge in [-0.1, -0.05) is 35.0 Å². The predicted octanol–water partition coefficient (Wildman–Crippen LogP) is 3.98. The Morgan fingerprint density at radius 2 is 1.96 bits per heavy atom. The molecular formula is C19H20ClN5O. The molecule has 0 saturated heterocycles. The highest BCUT2D eigenvalue weighted by Gasteiger charge is 2.08. The maximum Gasteiger partial charge on any atom is 0.228 e. The topological polar surface area (TPSA) is 89.3 Å². The molecule has 7 heteroatoms. The lowest BCUT2D eigenvalue weighted by Gasteiger charge is -2.07. The number of rotatable bonds is 5. The lowest BCUT2D eigenvalue weighted by atomic mass is 10.1. The Kier molecular flexibility index (Phi) is 5.53. The maximum atomic E-state index is 5.98. The van der Waals surface area contributed by atoms with Crippen molar-refractivity contribution >= 4 is 23.2 Å². The van der Waals surface area contributed by atoms with Gasteiger partial charge in [-0.25, -0.2) is 0 Å². The maximum absolute atomic E-state index is 5.98. The van der Waals surface area contributed by atoms with E-state index in [1.807, 2.05) is 38.1 Å². The summed E-state index contributed by atoms with van der Waals surface area (Å²) >= 11 is 5.98. The monoisotopic (exact) mass is 369 g/mol. The first-order valence-electron chi connectivity index (χ1n) is 8.23. The number of halogens is 1. The normalized spacial score (nSPS) is 11.6. The summed E-state index contributed by atoms with van der Waals surface area (Å²) in [5.74, 6) is 1.36. The highest BCUT2D eigenvalue weighted by molar-refractivity contribution is 6.30. The standard InChI is InChI=1S/C19H20ClN5O/c1-12-8-13(2)10-16(9-12)23-19(21)22-7-6-17-24-18(25-26-17)14-4-3-5-15(20)11-14/h3-5,8-11H,6-7H2,1-2H3,(H3,21,22,23). The summed E-state index contributed by atoms with van der Waals surface area (Å²) in [5, 5.41) is 7.69. The number of aromatic nitrogens is 2. The summed E-state index contributed by atoms with van der Waals surface area (Å²) in [5.41, 5.74) is 10.0. The Morgan fingerprint density at radius 1 is 1.19 bits per heavy atom. The van der Waals surface area contributed by atoms with E-state index in [4.69, 9.17) is 21.9 Å². The molecule has 0 amide bonds. The summed E-state index contributed by atoms with van der Waals surface area (Å²) in [6.07, 6.45) is 0.503. The van der Waals surface area contributed by atoms with Gasteiger partial charge < -0.3 is 15.6 Å². The Labute approximate surface area is 157 Å². The van der Waals surface area contributed by atoms with Gasteiger partial charge in [-0.05, 0) is 49.2 Å². The van der Waals surface area contributed by atoms with Crippen LogP contribution in [-0.4, -0.2) is 22.6 Å². The second kappa shape index (κ2) is 8.01. The molecule has 0 saturated carbocycles. The largest absolute Gasteiger partial charge is 0.370 e. The van der Waals surface area contributed by atoms with Crippen LogP contribution in [0.2, 0.25) is 5.02 Å². The van der Waals surface area contributed by atoms with Crippen molar-refractivity contribution in [1.29, 1.82) is 0 Å². The van der Waals surface area contributed by atoms with Crippen LogP contribution in [0.3, 0.4) is 0 Å². The first-order chi connectivity index (χ1) is 12.5. The van der Waals surface area contributed by atoms with Gasteiger partial charge in [-0.3, -0.25) is 4.99 Å². The van der Waals surface area contributed by atoms with E-state index in [1.54, 1.807) is 12.1 Å². The van der Waals surface area contributed by atoms with E-state index in [0.717, 1.165) is 11.3 Å². The summed E-state index contributed by atoms with van der Waals surface area (Å²) in [7, 11) is 0. The Bertz CT molecular complexity index is 915. The molecule has 6 nitrogen and oxygen atoms in total. The number of benzene rings is 2. The predicted molar refractivity (Wildman–Crippen MR) is 104 cm³/mol. The van der Waals surface area contributed by atoms with Gasteiger partial charge in [0.05, 0.1) is 6.54 Å². The average Bonchev–Trinajstić information content (AvgIpc) is 3.03. The summed E-state index contributed by atoms with van der Waals surface area (Å²) in [4.78, 5) is 8.66. The minimum atomic E-state index is 0.351. The number of aryl methyl sites for hydroxylation is 2. The van der Waals surface area contributed by atoms with Crippen LogP contribution in [0.1, 0.15) is 17.0 Å². The van der Waals surface area contributed by atoms with Crippen molar-refractivity contribution in [2.75, 3.05) is 11.9 Å². The van der Waals surface area contributed by atoms with E-state index in [0.29, 0.717) is 35.7 Å². The number of nitrogens with two attached hydrogens (primary N) is 1. The van der Waals surface area contributed by atoms with Gasteiger partial charge in [-0.15, -0.1) is 0 Å². The van der Waals surface area contributed by atoms with E-state index in [1.165, 1.54) is 11.1 Å². The van der Waals surface area contributed by atoms with Gasteiger partial charge in [0, 0.05) is 22.7 Å². The summed E-state index contributed by atoms with van der Waals surface area (Å²) < 4.78 is 5.26. The molecule has 0 fully saturated rings. The molecular weight excluding hydrogens is 350 g/mol. The second-order valence-electron chi connectivity index (χ2n) is 6.04. The van der Waals surface area contributed by atoms with Crippen molar-refractivity contribution in [2.24, 2.45) is 10.7 Å². The zero-order chi connectivity index (χ0) is 18.5. The molecule has 3 rings (SSSR count). The van der Waals surface area contributed by atoms with Crippen molar-refractivity contribution in [2.45, 2.75) is 20.3 Å². The second-order valence-corrected chi connectivity index (χ2v) is 6.48. The van der Waals surface area contributed by atoms with Gasteiger partial charge in [0.25, 0.3) is 0 Å². The van der Waals surface area contributed by atoms with Crippen LogP contribution in [0.4, 0.5) is 5.69 Å². The SMILES string of the molecule is Cc1cc(C)cc(NC(N)=NCCc2nc(-c3cccc(Cl)c3)no2)c1. The molecule has 3 N–H and O–H groups in total. The zero-order valence-electron chi connectivity index (χ0n) is 14.7. The molecule has 0 spiro atoms. The van der Waals surface area contributed by atoms with Gasteiger partial charge in [0.15, 0.2) is 5.96 Å². The first kappa shape index (κ1) is 17.9. The average molecular weight is 370 g/mol. The van der Waals surface area contributed by atoms with E-state index >= 15 is 0 Å². The highest BCUT2D eigenvalue weighted by atomic mass is 35.5. The summed E-state index contributed by atoms with van der Waals surface area (Å²) in [6, 6.07) is 13.5. The summed E-state index contributed by atoms with van der Waals surface area (Å²) in [6.45, 7) is 4.53. The Morgan fingerprint density at radius 3 is 2.69 bits per heavy atom. The molecule has 0 aliphatic heterocycles. The van der Waals surface area contributed by atoms with E-state index in [2.05, 4.69) is 26.5 Å². The van der Waals surface area contributed by atoms with Gasteiger partial charge in [0.2, 0.25) is 11.7 Å². The molecule has 0 bridgehead atoms. The Hall–Kier alpha value is -2.86. The van der Waals surface area contributed by atoms with E-state index in [-0.39, 0.29) is 0 Å². The molecule has 1 aromatic heterocycles. The molecule has 0 aliphatic carbocycles. The quantitative estimate of drug-likeness (QED) is 0.524. The fourth-order valence-electron chi connectivity index (χ4n) is 2.61. The van der Waals surface area contributed by atoms with Crippen LogP contribution in [-0.2, 0) is 6.42 Å². The molecule has 0 unspecified atom stereocenters. The van der Waals surface area contributed by atoms with Gasteiger partial charge in [-0.2, -0.15) is 4.98 Å². The van der Waals surface area contributed by atoms with Gasteiger partial charge in [0.1, 0.15) is 0 Å². The fourth-order valence-corrected chi connectivity index (χ4v) is 2.80. The van der Waals surface area contributed by atoms with Crippen LogP contribution >= 0.6 is 11.6 Å². The first-order valence-corrected chi connectivity index (χ1v) is 8.61. The molecule has 1 heterocycles. The fraction of sp³-hybridized carbons (Fsp3) is 0.211. The molecule has 2 aromatic carbocycles. The number of hydrogen-bond acceptors (Lipinski definition) is 4. The van der Waals surface area contributed by atoms with Crippen LogP contribution in [0.25, 0.3) is 11.4 Å². The van der Waals surface area contributed by atoms with Crippen molar-refractivity contribution < 1.29 is 4.52 Å². The minimum Gasteiger partial charge on any atom is -0.370 e. The number of guanidine groups is 1. The van der Waals surface area contributed by atoms with Crippen molar-refractivity contribution in [3.05, 3.63) is 64.5 Å². The van der Waals surface area contributed by atoms with Crippen LogP contribution in [0, 0.1) is 13.8 Å². The smallest absolute Gasteiger partial charge is 0.228 e. The third-order valence-corrected chi connectivity index (χ3v) is 3.89. The van der Waals surface area contributed by atoms with E-state index < -0.39 is 0 Å². The van der Waals surface area contributed by atoms with Gasteiger partial charge >= 0.3 is 0 Å². The Balaban J connectivity index is 1.58. The van der Waals surface area contributed by atoms with Crippen LogP contribution in [0.5, 0.6) is 0 Å². The zero-order valence-corrected chi connectivity index (χ0v) is 15.4. The number of hydrogen-bond donors (Lipinski definition) is 2. The number of aliphatic imine (C=N–C) groups is 1. The van der Waals surface area contributed by atoms with Crippen molar-refractivity contribution in [3.63, 3.8) is 0 Å². The van der Waals surface area contributed by atoms with E-state index in [9.17, 15) is 0 Å². The highest BCUT2D eigenvalue weighted by Crippen LogP contribution is 2.20. The molecule has 134 valence electrons. The minimum absolute atomic E-state index is 0.351. The molecule has 26 heavy (non-hydrogen) atoms. The van der Waals surface area contributed by atoms with Crippen molar-refractivity contribution in [3.8, 4) is 11.4 Å². The molecule has 0 aliphatic rings. The lowest BCUT2D eigenvalue weighted by molar-refractivity contribution is 0.380. The molecule has 0 atom stereocenters. The lowest BCUT2D eigenvalue weighted by Crippen LogP contribution is -2.23.